The number of hydrogen-bond acceptors (Lipinski definition) is 6. The molecule has 124 valence electrons. The maximum Gasteiger partial charge on any atom is 0.337 e. The molecule has 1 heterocycles. The van der Waals surface area contributed by atoms with Crippen molar-refractivity contribution in [3.8, 4) is 11.5 Å². The second kappa shape index (κ2) is 6.49. The van der Waals surface area contributed by atoms with Gasteiger partial charge in [-0.3, -0.25) is 0 Å². The van der Waals surface area contributed by atoms with Crippen molar-refractivity contribution in [2.75, 3.05) is 26.6 Å². The largest absolute Gasteiger partial charge is 0.493 e. The molecule has 0 bridgehead atoms. The molecule has 3 rings (SSSR count). The maximum absolute atomic E-state index is 11.6. The zero-order chi connectivity index (χ0) is 17.1. The van der Waals surface area contributed by atoms with E-state index >= 15 is 0 Å². The van der Waals surface area contributed by atoms with Crippen LogP contribution in [0.25, 0.3) is 11.0 Å². The molecule has 0 aliphatic rings. The molecule has 0 spiro atoms. The Hall–Kier alpha value is -3.22. The van der Waals surface area contributed by atoms with Crippen molar-refractivity contribution in [3.05, 3.63) is 42.0 Å². The Morgan fingerprint density at radius 3 is 2.54 bits per heavy atom. The summed E-state index contributed by atoms with van der Waals surface area (Å²) in [5, 5.41) is 3.13. The van der Waals surface area contributed by atoms with Gasteiger partial charge >= 0.3 is 5.97 Å². The lowest BCUT2D eigenvalue weighted by molar-refractivity contribution is 0.0601. The summed E-state index contributed by atoms with van der Waals surface area (Å²) in [5.41, 5.74) is 2.72. The highest BCUT2D eigenvalue weighted by Crippen LogP contribution is 2.32. The third-order valence-corrected chi connectivity index (χ3v) is 3.53. The number of anilines is 2. The van der Waals surface area contributed by atoms with E-state index in [2.05, 4.69) is 15.3 Å². The molecule has 0 fully saturated rings. The molecule has 0 aliphatic heterocycles. The zero-order valence-corrected chi connectivity index (χ0v) is 13.5. The van der Waals surface area contributed by atoms with Gasteiger partial charge in [-0.2, -0.15) is 0 Å². The molecule has 3 aromatic rings. The average molecular weight is 327 g/mol. The van der Waals surface area contributed by atoms with Gasteiger partial charge in [-0.15, -0.1) is 0 Å². The lowest BCUT2D eigenvalue weighted by atomic mass is 10.2. The lowest BCUT2D eigenvalue weighted by Gasteiger charge is -2.06. The molecule has 0 atom stereocenters. The van der Waals surface area contributed by atoms with Gasteiger partial charge in [-0.05, 0) is 18.2 Å². The van der Waals surface area contributed by atoms with Gasteiger partial charge in [0.25, 0.3) is 0 Å². The highest BCUT2D eigenvalue weighted by molar-refractivity contribution is 5.90. The van der Waals surface area contributed by atoms with Crippen LogP contribution in [0.2, 0.25) is 0 Å². The van der Waals surface area contributed by atoms with Gasteiger partial charge in [-0.25, -0.2) is 9.78 Å². The molecule has 0 saturated carbocycles. The van der Waals surface area contributed by atoms with Crippen LogP contribution in [-0.2, 0) is 4.74 Å². The summed E-state index contributed by atoms with van der Waals surface area (Å²) in [7, 11) is 4.51. The number of aromatic nitrogens is 2. The minimum Gasteiger partial charge on any atom is -0.493 e. The average Bonchev–Trinajstić information content (AvgIpc) is 3.00. The van der Waals surface area contributed by atoms with E-state index in [1.54, 1.807) is 38.5 Å². The first kappa shape index (κ1) is 15.7. The Morgan fingerprint density at radius 1 is 1.08 bits per heavy atom. The number of hydrogen-bond donors (Lipinski definition) is 2. The van der Waals surface area contributed by atoms with Crippen LogP contribution in [0.4, 0.5) is 11.6 Å². The molecule has 7 heteroatoms. The number of nitrogens with zero attached hydrogens (tertiary/aromatic N) is 1. The fourth-order valence-corrected chi connectivity index (χ4v) is 2.37. The molecule has 1 aromatic heterocycles. The molecule has 0 saturated heterocycles. The Morgan fingerprint density at radius 2 is 1.83 bits per heavy atom. The van der Waals surface area contributed by atoms with E-state index < -0.39 is 5.97 Å². The predicted octanol–water partition coefficient (Wildman–Crippen LogP) is 3.11. The number of aromatic amines is 1. The number of carbonyl (C=O) groups is 1. The van der Waals surface area contributed by atoms with Gasteiger partial charge in [0.2, 0.25) is 5.95 Å². The predicted molar refractivity (Wildman–Crippen MR) is 90.3 cm³/mol. The van der Waals surface area contributed by atoms with Crippen molar-refractivity contribution < 1.29 is 19.0 Å². The summed E-state index contributed by atoms with van der Waals surface area (Å²) in [6.45, 7) is 0. The van der Waals surface area contributed by atoms with Crippen LogP contribution in [0.3, 0.4) is 0 Å². The number of esters is 1. The van der Waals surface area contributed by atoms with Crippen molar-refractivity contribution in [1.29, 1.82) is 0 Å². The van der Waals surface area contributed by atoms with Gasteiger partial charge in [0, 0.05) is 17.8 Å². The Kier molecular flexibility index (Phi) is 4.24. The smallest absolute Gasteiger partial charge is 0.337 e. The molecule has 0 radical (unpaired) electrons. The summed E-state index contributed by atoms with van der Waals surface area (Å²) in [5.74, 6) is 1.38. The molecular weight excluding hydrogens is 310 g/mol. The van der Waals surface area contributed by atoms with E-state index in [1.807, 2.05) is 12.1 Å². The monoisotopic (exact) mass is 327 g/mol. The summed E-state index contributed by atoms with van der Waals surface area (Å²) < 4.78 is 15.3. The first-order chi connectivity index (χ1) is 11.6. The van der Waals surface area contributed by atoms with E-state index in [0.29, 0.717) is 23.0 Å². The second-order valence-corrected chi connectivity index (χ2v) is 5.01. The fraction of sp³-hybridized carbons (Fsp3) is 0.176. The maximum atomic E-state index is 11.6. The summed E-state index contributed by atoms with van der Waals surface area (Å²) in [6.07, 6.45) is 0. The third-order valence-electron chi connectivity index (χ3n) is 3.53. The highest BCUT2D eigenvalue weighted by atomic mass is 16.5. The number of carbonyl (C=O) groups excluding carboxylic acids is 1. The summed E-state index contributed by atoms with van der Waals surface area (Å²) in [4.78, 5) is 19.2. The number of ether oxygens (including phenoxy) is 3. The number of rotatable bonds is 5. The van der Waals surface area contributed by atoms with Crippen LogP contribution >= 0.6 is 0 Å². The van der Waals surface area contributed by atoms with Crippen molar-refractivity contribution >= 4 is 28.6 Å². The lowest BCUT2D eigenvalue weighted by Crippen LogP contribution is -2.02. The summed E-state index contributed by atoms with van der Waals surface area (Å²) >= 11 is 0. The number of nitrogens with one attached hydrogen (secondary N) is 2. The SMILES string of the molecule is COC(=O)c1cccc(Nc2nc3cc(OC)c(OC)cc3[nH]2)c1. The first-order valence-electron chi connectivity index (χ1n) is 7.21. The van der Waals surface area contributed by atoms with Crippen LogP contribution in [0.5, 0.6) is 11.5 Å². The highest BCUT2D eigenvalue weighted by Gasteiger charge is 2.11. The van der Waals surface area contributed by atoms with Gasteiger partial charge < -0.3 is 24.5 Å². The number of benzene rings is 2. The minimum absolute atomic E-state index is 0.391. The molecule has 0 unspecified atom stereocenters. The Labute approximate surface area is 138 Å². The standard InChI is InChI=1S/C17H17N3O4/c1-22-14-8-12-13(9-15(14)23-2)20-17(19-12)18-11-6-4-5-10(7-11)16(21)24-3/h4-9H,1-3H3,(H2,18,19,20). The first-order valence-corrected chi connectivity index (χ1v) is 7.21. The summed E-state index contributed by atoms with van der Waals surface area (Å²) in [6, 6.07) is 10.6. The molecule has 24 heavy (non-hydrogen) atoms. The van der Waals surface area contributed by atoms with Crippen LogP contribution < -0.4 is 14.8 Å². The van der Waals surface area contributed by atoms with E-state index in [9.17, 15) is 4.79 Å². The van der Waals surface area contributed by atoms with Gasteiger partial charge in [0.05, 0.1) is 37.9 Å². The van der Waals surface area contributed by atoms with Gasteiger partial charge in [0.1, 0.15) is 0 Å². The van der Waals surface area contributed by atoms with Crippen LogP contribution in [0.15, 0.2) is 36.4 Å². The van der Waals surface area contributed by atoms with E-state index in [-0.39, 0.29) is 0 Å². The Balaban J connectivity index is 1.92. The molecule has 0 amide bonds. The zero-order valence-electron chi connectivity index (χ0n) is 13.5. The van der Waals surface area contributed by atoms with Crippen LogP contribution in [0, 0.1) is 0 Å². The molecule has 0 aliphatic carbocycles. The van der Waals surface area contributed by atoms with Crippen LogP contribution in [0.1, 0.15) is 10.4 Å². The minimum atomic E-state index is -0.391. The van der Waals surface area contributed by atoms with E-state index in [1.165, 1.54) is 7.11 Å². The van der Waals surface area contributed by atoms with E-state index in [0.717, 1.165) is 16.7 Å². The topological polar surface area (TPSA) is 85.5 Å². The van der Waals surface area contributed by atoms with Crippen molar-refractivity contribution in [2.45, 2.75) is 0 Å². The Bertz CT molecular complexity index is 848. The molecule has 7 nitrogen and oxygen atoms in total. The third kappa shape index (κ3) is 2.96. The second-order valence-electron chi connectivity index (χ2n) is 5.01. The van der Waals surface area contributed by atoms with Crippen LogP contribution in [-0.4, -0.2) is 37.3 Å². The number of methoxy groups -OCH3 is 3. The molecule has 2 N–H and O–H groups in total. The quantitative estimate of drug-likeness (QED) is 0.700. The normalized spacial score (nSPS) is 10.5. The van der Waals surface area contributed by atoms with Crippen molar-refractivity contribution in [1.82, 2.24) is 9.97 Å². The number of fused-ring (bicyclic) bond motifs is 1. The number of H-pyrrole nitrogens is 1. The molecule has 2 aromatic carbocycles. The van der Waals surface area contributed by atoms with E-state index in [4.69, 9.17) is 14.2 Å². The van der Waals surface area contributed by atoms with Crippen molar-refractivity contribution in [3.63, 3.8) is 0 Å². The number of imidazole rings is 1. The molecular formula is C17H17N3O4. The van der Waals surface area contributed by atoms with Gasteiger partial charge in [0.15, 0.2) is 11.5 Å². The fourth-order valence-electron chi connectivity index (χ4n) is 2.37. The van der Waals surface area contributed by atoms with Crippen molar-refractivity contribution in [2.24, 2.45) is 0 Å². The van der Waals surface area contributed by atoms with Gasteiger partial charge in [-0.1, -0.05) is 6.07 Å².